The van der Waals surface area contributed by atoms with E-state index in [1.54, 1.807) is 11.3 Å². The Morgan fingerprint density at radius 2 is 2.29 bits per heavy atom. The van der Waals surface area contributed by atoms with Crippen molar-refractivity contribution in [2.45, 2.75) is 5.88 Å². The number of hydrogen-bond donors (Lipinski definition) is 0. The Kier molecular flexibility index (Phi) is 2.78. The van der Waals surface area contributed by atoms with Crippen LogP contribution in [0.4, 0.5) is 0 Å². The molecule has 70 valence electrons. The van der Waals surface area contributed by atoms with Crippen LogP contribution in [0.25, 0.3) is 10.1 Å². The second kappa shape index (κ2) is 3.90. The van der Waals surface area contributed by atoms with Crippen molar-refractivity contribution < 1.29 is 0 Å². The maximum atomic E-state index is 8.76. The molecule has 0 spiro atoms. The predicted octanol–water partition coefficient (Wildman–Crippen LogP) is 4.27. The van der Waals surface area contributed by atoms with Gasteiger partial charge in [0.15, 0.2) is 0 Å². The summed E-state index contributed by atoms with van der Waals surface area (Å²) in [6, 6.07) is 7.79. The minimum Gasteiger partial charge on any atom is -0.192 e. The van der Waals surface area contributed by atoms with E-state index in [2.05, 4.69) is 22.0 Å². The van der Waals surface area contributed by atoms with Gasteiger partial charge in [-0.25, -0.2) is 0 Å². The largest absolute Gasteiger partial charge is 0.192 e. The molecule has 0 atom stereocenters. The van der Waals surface area contributed by atoms with Crippen LogP contribution in [0, 0.1) is 11.3 Å². The number of nitrogens with zero attached hydrogens (tertiary/aromatic N) is 1. The number of alkyl halides is 1. The number of fused-ring (bicyclic) bond motifs is 1. The molecule has 1 heterocycles. The Bertz CT molecular complexity index is 527. The molecule has 0 aliphatic heterocycles. The SMILES string of the molecule is N#Cc1ccc2sc(CCl)c(Br)c2c1. The molecule has 0 aliphatic rings. The fourth-order valence-electron chi connectivity index (χ4n) is 1.27. The smallest absolute Gasteiger partial charge is 0.0991 e. The van der Waals surface area contributed by atoms with Crippen LogP contribution >= 0.6 is 38.9 Å². The molecule has 0 aliphatic carbocycles. The molecule has 1 aromatic heterocycles. The van der Waals surface area contributed by atoms with Crippen LogP contribution < -0.4 is 0 Å². The molecular formula is C10H5BrClNS. The monoisotopic (exact) mass is 285 g/mol. The Hall–Kier alpha value is -0.560. The van der Waals surface area contributed by atoms with Crippen LogP contribution in [0.2, 0.25) is 0 Å². The molecule has 2 aromatic rings. The summed E-state index contributed by atoms with van der Waals surface area (Å²) in [5, 5.41) is 9.84. The van der Waals surface area contributed by atoms with E-state index in [0.29, 0.717) is 11.4 Å². The van der Waals surface area contributed by atoms with Crippen molar-refractivity contribution in [3.8, 4) is 6.07 Å². The Balaban J connectivity index is 2.75. The molecule has 0 amide bonds. The van der Waals surface area contributed by atoms with Crippen molar-refractivity contribution in [1.29, 1.82) is 5.26 Å². The quantitative estimate of drug-likeness (QED) is 0.718. The number of halogens is 2. The van der Waals surface area contributed by atoms with Gasteiger partial charge >= 0.3 is 0 Å². The molecule has 0 fully saturated rings. The van der Waals surface area contributed by atoms with Gasteiger partial charge in [-0.05, 0) is 34.1 Å². The summed E-state index contributed by atoms with van der Waals surface area (Å²) in [5.41, 5.74) is 0.678. The standard InChI is InChI=1S/C10H5BrClNS/c11-10-7-3-6(5-13)1-2-8(7)14-9(10)4-12/h1-3H,4H2. The van der Waals surface area contributed by atoms with Crippen LogP contribution in [0.3, 0.4) is 0 Å². The summed E-state index contributed by atoms with van der Waals surface area (Å²) in [6.07, 6.45) is 0. The summed E-state index contributed by atoms with van der Waals surface area (Å²) in [6.45, 7) is 0. The van der Waals surface area contributed by atoms with Crippen LogP contribution in [-0.4, -0.2) is 0 Å². The zero-order chi connectivity index (χ0) is 10.1. The molecule has 2 rings (SSSR count). The van der Waals surface area contributed by atoms with Gasteiger partial charge in [0.1, 0.15) is 0 Å². The van der Waals surface area contributed by atoms with Gasteiger partial charge in [-0.15, -0.1) is 22.9 Å². The summed E-state index contributed by atoms with van der Waals surface area (Å²) >= 11 is 10.9. The molecule has 0 saturated carbocycles. The van der Waals surface area contributed by atoms with Gasteiger partial charge < -0.3 is 0 Å². The third kappa shape index (κ3) is 1.54. The first-order valence-electron chi connectivity index (χ1n) is 3.93. The summed E-state index contributed by atoms with van der Waals surface area (Å²) in [5.74, 6) is 0.502. The molecular weight excluding hydrogens is 282 g/mol. The van der Waals surface area contributed by atoms with E-state index >= 15 is 0 Å². The molecule has 1 nitrogen and oxygen atoms in total. The van der Waals surface area contributed by atoms with Crippen molar-refractivity contribution in [2.75, 3.05) is 0 Å². The lowest BCUT2D eigenvalue weighted by molar-refractivity contribution is 1.49. The number of hydrogen-bond acceptors (Lipinski definition) is 2. The van der Waals surface area contributed by atoms with E-state index < -0.39 is 0 Å². The second-order valence-corrected chi connectivity index (χ2v) is 4.99. The maximum Gasteiger partial charge on any atom is 0.0991 e. The average molecular weight is 287 g/mol. The average Bonchev–Trinajstić information content (AvgIpc) is 2.55. The number of nitriles is 1. The van der Waals surface area contributed by atoms with Gasteiger partial charge in [-0.1, -0.05) is 0 Å². The highest BCUT2D eigenvalue weighted by Gasteiger charge is 2.08. The minimum atomic E-state index is 0.502. The van der Waals surface area contributed by atoms with E-state index in [0.717, 1.165) is 19.4 Å². The van der Waals surface area contributed by atoms with Crippen molar-refractivity contribution in [3.05, 3.63) is 33.1 Å². The van der Waals surface area contributed by atoms with Gasteiger partial charge in [0, 0.05) is 19.4 Å². The van der Waals surface area contributed by atoms with Gasteiger partial charge in [0.05, 0.1) is 17.5 Å². The highest BCUT2D eigenvalue weighted by Crippen LogP contribution is 2.36. The summed E-state index contributed by atoms with van der Waals surface area (Å²) in [4.78, 5) is 1.11. The normalized spacial score (nSPS) is 10.4. The van der Waals surface area contributed by atoms with Crippen LogP contribution in [0.1, 0.15) is 10.4 Å². The van der Waals surface area contributed by atoms with Crippen molar-refractivity contribution >= 4 is 49.0 Å². The van der Waals surface area contributed by atoms with Crippen LogP contribution in [-0.2, 0) is 5.88 Å². The van der Waals surface area contributed by atoms with Crippen molar-refractivity contribution in [2.24, 2.45) is 0 Å². The third-order valence-electron chi connectivity index (χ3n) is 1.94. The van der Waals surface area contributed by atoms with E-state index in [-0.39, 0.29) is 0 Å². The molecule has 0 radical (unpaired) electrons. The predicted molar refractivity (Wildman–Crippen MR) is 63.8 cm³/mol. The third-order valence-corrected chi connectivity index (χ3v) is 4.71. The fourth-order valence-corrected chi connectivity index (χ4v) is 3.50. The number of thiophene rings is 1. The lowest BCUT2D eigenvalue weighted by atomic mass is 10.2. The second-order valence-electron chi connectivity index (χ2n) is 2.80. The first-order valence-corrected chi connectivity index (χ1v) is 6.07. The lowest BCUT2D eigenvalue weighted by Crippen LogP contribution is -1.72. The fraction of sp³-hybridized carbons (Fsp3) is 0.100. The number of benzene rings is 1. The van der Waals surface area contributed by atoms with E-state index in [1.165, 1.54) is 0 Å². The van der Waals surface area contributed by atoms with Crippen molar-refractivity contribution in [1.82, 2.24) is 0 Å². The van der Waals surface area contributed by atoms with Gasteiger partial charge in [-0.3, -0.25) is 0 Å². The molecule has 0 bridgehead atoms. The van der Waals surface area contributed by atoms with Crippen LogP contribution in [0.5, 0.6) is 0 Å². The van der Waals surface area contributed by atoms with Crippen molar-refractivity contribution in [3.63, 3.8) is 0 Å². The van der Waals surface area contributed by atoms with Gasteiger partial charge in [-0.2, -0.15) is 5.26 Å². The molecule has 1 aromatic carbocycles. The summed E-state index contributed by atoms with van der Waals surface area (Å²) < 4.78 is 2.18. The zero-order valence-electron chi connectivity index (χ0n) is 7.05. The van der Waals surface area contributed by atoms with Crippen LogP contribution in [0.15, 0.2) is 22.7 Å². The number of rotatable bonds is 1. The molecule has 4 heteroatoms. The van der Waals surface area contributed by atoms with Gasteiger partial charge in [0.2, 0.25) is 0 Å². The Labute approximate surface area is 99.0 Å². The highest BCUT2D eigenvalue weighted by molar-refractivity contribution is 9.10. The van der Waals surface area contributed by atoms with E-state index in [4.69, 9.17) is 16.9 Å². The molecule has 0 saturated heterocycles. The first kappa shape index (κ1) is 9.97. The lowest BCUT2D eigenvalue weighted by Gasteiger charge is -1.91. The minimum absolute atomic E-state index is 0.502. The van der Waals surface area contributed by atoms with Gasteiger partial charge in [0.25, 0.3) is 0 Å². The molecule has 14 heavy (non-hydrogen) atoms. The Morgan fingerprint density at radius 3 is 2.93 bits per heavy atom. The molecule has 0 N–H and O–H groups in total. The van der Waals surface area contributed by atoms with E-state index in [9.17, 15) is 0 Å². The summed E-state index contributed by atoms with van der Waals surface area (Å²) in [7, 11) is 0. The Morgan fingerprint density at radius 1 is 1.50 bits per heavy atom. The molecule has 0 unspecified atom stereocenters. The van der Waals surface area contributed by atoms with E-state index in [1.807, 2.05) is 18.2 Å². The zero-order valence-corrected chi connectivity index (χ0v) is 10.2. The topological polar surface area (TPSA) is 23.8 Å². The maximum absolute atomic E-state index is 8.76. The highest BCUT2D eigenvalue weighted by atomic mass is 79.9. The first-order chi connectivity index (χ1) is 6.76.